The molecule has 0 amide bonds. The average molecular weight is 308 g/mol. The summed E-state index contributed by atoms with van der Waals surface area (Å²) in [5, 5.41) is 8.17. The van der Waals surface area contributed by atoms with Gasteiger partial charge in [-0.05, 0) is 32.6 Å². The van der Waals surface area contributed by atoms with Crippen molar-refractivity contribution in [2.45, 2.75) is 84.7 Å². The highest BCUT2D eigenvalue weighted by Crippen LogP contribution is 2.32. The summed E-state index contributed by atoms with van der Waals surface area (Å²) in [6, 6.07) is 0. The number of rotatable bonds is 2. The molecule has 0 aromatic rings. The molecule has 0 spiro atoms. The van der Waals surface area contributed by atoms with Crippen LogP contribution in [0.1, 0.15) is 79.1 Å². The second-order valence-electron chi connectivity index (χ2n) is 7.59. The third-order valence-electron chi connectivity index (χ3n) is 4.35. The van der Waals surface area contributed by atoms with Crippen LogP contribution in [0.15, 0.2) is 10.3 Å². The first-order chi connectivity index (χ1) is 10.3. The van der Waals surface area contributed by atoms with Crippen molar-refractivity contribution in [3.05, 3.63) is 0 Å². The van der Waals surface area contributed by atoms with Crippen molar-refractivity contribution in [2.24, 2.45) is 15.7 Å². The van der Waals surface area contributed by atoms with Gasteiger partial charge in [-0.2, -0.15) is 0 Å². The molecule has 2 aliphatic rings. The van der Waals surface area contributed by atoms with Gasteiger partial charge in [-0.1, -0.05) is 50.3 Å². The molecule has 1 aliphatic heterocycles. The third-order valence-corrected chi connectivity index (χ3v) is 4.35. The fourth-order valence-corrected chi connectivity index (χ4v) is 2.66. The second kappa shape index (κ2) is 6.80. The highest BCUT2D eigenvalue weighted by molar-refractivity contribution is 5.96. The monoisotopic (exact) mass is 308 g/mol. The molecule has 1 unspecified atom stereocenters. The summed E-state index contributed by atoms with van der Waals surface area (Å²) < 4.78 is 0. The summed E-state index contributed by atoms with van der Waals surface area (Å²) in [6.45, 7) is 7.89. The van der Waals surface area contributed by atoms with E-state index in [-0.39, 0.29) is 5.41 Å². The maximum absolute atomic E-state index is 12.3. The molecular weight excluding hydrogens is 280 g/mol. The van der Waals surface area contributed by atoms with Crippen LogP contribution < -0.4 is 0 Å². The molecule has 1 aliphatic carbocycles. The lowest BCUT2D eigenvalue weighted by molar-refractivity contribution is -0.167. The Bertz CT molecular complexity index is 467. The first-order valence-electron chi connectivity index (χ1n) is 8.34. The molecule has 0 aromatic carbocycles. The van der Waals surface area contributed by atoms with E-state index in [0.29, 0.717) is 6.42 Å². The van der Waals surface area contributed by atoms with Crippen molar-refractivity contribution in [3.63, 3.8) is 0 Å². The van der Waals surface area contributed by atoms with E-state index < -0.39 is 11.6 Å². The minimum atomic E-state index is -1.05. The predicted molar refractivity (Wildman–Crippen MR) is 86.8 cm³/mol. The highest BCUT2D eigenvalue weighted by atomic mass is 16.7. The number of nitrogens with zero attached hydrogens (tertiary/aromatic N) is 2. The van der Waals surface area contributed by atoms with Crippen molar-refractivity contribution < 1.29 is 14.5 Å². The molecule has 5 nitrogen and oxygen atoms in total. The minimum Gasteiger partial charge on any atom is -0.377 e. The number of carbonyl (C=O) groups is 1. The van der Waals surface area contributed by atoms with E-state index in [1.54, 1.807) is 6.92 Å². The van der Waals surface area contributed by atoms with Crippen LogP contribution in [0.2, 0.25) is 0 Å². The summed E-state index contributed by atoms with van der Waals surface area (Å²) in [5.74, 6) is -0.454. The SMILES string of the molecule is CC(C)(C)C1=NOC(C)(C(=O)ON=C2CCCCCCC2)C1. The average Bonchev–Trinajstić information content (AvgIpc) is 2.81. The van der Waals surface area contributed by atoms with Gasteiger partial charge in [0.1, 0.15) is 0 Å². The molecule has 0 N–H and O–H groups in total. The van der Waals surface area contributed by atoms with Gasteiger partial charge in [-0.3, -0.25) is 0 Å². The lowest BCUT2D eigenvalue weighted by Gasteiger charge is -2.20. The van der Waals surface area contributed by atoms with Crippen molar-refractivity contribution in [1.29, 1.82) is 0 Å². The zero-order valence-corrected chi connectivity index (χ0v) is 14.3. The van der Waals surface area contributed by atoms with Crippen molar-refractivity contribution in [3.8, 4) is 0 Å². The van der Waals surface area contributed by atoms with Crippen molar-refractivity contribution in [1.82, 2.24) is 0 Å². The normalized spacial score (nSPS) is 26.5. The molecule has 5 heteroatoms. The fourth-order valence-electron chi connectivity index (χ4n) is 2.66. The van der Waals surface area contributed by atoms with Gasteiger partial charge >= 0.3 is 5.97 Å². The number of hydrogen-bond acceptors (Lipinski definition) is 5. The van der Waals surface area contributed by atoms with Gasteiger partial charge in [0.05, 0.1) is 11.4 Å². The largest absolute Gasteiger partial charge is 0.381 e. The quantitative estimate of drug-likeness (QED) is 0.567. The smallest absolute Gasteiger partial charge is 0.377 e. The maximum Gasteiger partial charge on any atom is 0.381 e. The molecule has 1 atom stereocenters. The molecule has 22 heavy (non-hydrogen) atoms. The number of hydrogen-bond donors (Lipinski definition) is 0. The molecule has 2 rings (SSSR count). The van der Waals surface area contributed by atoms with Crippen LogP contribution in [-0.4, -0.2) is 23.0 Å². The molecule has 1 saturated carbocycles. The third kappa shape index (κ3) is 4.31. The summed E-state index contributed by atoms with van der Waals surface area (Å²) in [5.41, 5.74) is 0.717. The lowest BCUT2D eigenvalue weighted by Crippen LogP contribution is -2.37. The summed E-state index contributed by atoms with van der Waals surface area (Å²) in [7, 11) is 0. The number of oxime groups is 2. The molecule has 1 fully saturated rings. The highest BCUT2D eigenvalue weighted by Gasteiger charge is 2.46. The Kier molecular flexibility index (Phi) is 5.24. The van der Waals surface area contributed by atoms with Crippen LogP contribution >= 0.6 is 0 Å². The molecule has 0 aromatic heterocycles. The Labute approximate surface area is 133 Å². The van der Waals surface area contributed by atoms with Crippen LogP contribution in [0.5, 0.6) is 0 Å². The summed E-state index contributed by atoms with van der Waals surface area (Å²) >= 11 is 0. The van der Waals surface area contributed by atoms with E-state index in [9.17, 15) is 4.79 Å². The summed E-state index contributed by atoms with van der Waals surface area (Å²) in [6.07, 6.45) is 8.32. The van der Waals surface area contributed by atoms with Gasteiger partial charge in [-0.25, -0.2) is 4.79 Å². The van der Waals surface area contributed by atoms with Crippen LogP contribution in [0.4, 0.5) is 0 Å². The second-order valence-corrected chi connectivity index (χ2v) is 7.59. The van der Waals surface area contributed by atoms with E-state index in [1.807, 2.05) is 0 Å². The summed E-state index contributed by atoms with van der Waals surface area (Å²) in [4.78, 5) is 22.9. The Hall–Kier alpha value is -1.39. The van der Waals surface area contributed by atoms with Crippen molar-refractivity contribution in [2.75, 3.05) is 0 Å². The van der Waals surface area contributed by atoms with Crippen molar-refractivity contribution >= 4 is 17.4 Å². The van der Waals surface area contributed by atoms with E-state index in [0.717, 1.165) is 37.1 Å². The van der Waals surface area contributed by atoms with E-state index in [1.165, 1.54) is 19.3 Å². The van der Waals surface area contributed by atoms with Crippen LogP contribution in [0.25, 0.3) is 0 Å². The van der Waals surface area contributed by atoms with E-state index in [4.69, 9.17) is 9.68 Å². The molecule has 0 bridgehead atoms. The Balaban J connectivity index is 1.92. The first-order valence-corrected chi connectivity index (χ1v) is 8.34. The van der Waals surface area contributed by atoms with Gasteiger partial charge in [0.25, 0.3) is 0 Å². The van der Waals surface area contributed by atoms with Crippen LogP contribution in [-0.2, 0) is 14.5 Å². The molecule has 124 valence electrons. The molecular formula is C17H28N2O3. The van der Waals surface area contributed by atoms with E-state index in [2.05, 4.69) is 31.1 Å². The van der Waals surface area contributed by atoms with Crippen LogP contribution in [0, 0.1) is 5.41 Å². The fraction of sp³-hybridized carbons (Fsp3) is 0.824. The standard InChI is InChI=1S/C17H28N2O3/c1-16(2,3)14-12-17(4,22-19-14)15(20)21-18-13-10-8-6-5-7-9-11-13/h5-12H2,1-4H3. The molecule has 0 saturated heterocycles. The Morgan fingerprint density at radius 2 is 1.77 bits per heavy atom. The Morgan fingerprint density at radius 3 is 2.32 bits per heavy atom. The zero-order chi connectivity index (χ0) is 16.2. The van der Waals surface area contributed by atoms with Gasteiger partial charge in [0, 0.05) is 11.8 Å². The topological polar surface area (TPSA) is 60.2 Å². The first kappa shape index (κ1) is 17.0. The van der Waals surface area contributed by atoms with Gasteiger partial charge in [-0.15, -0.1) is 0 Å². The molecule has 0 radical (unpaired) electrons. The van der Waals surface area contributed by atoms with Gasteiger partial charge < -0.3 is 9.68 Å². The van der Waals surface area contributed by atoms with Gasteiger partial charge in [0.2, 0.25) is 5.60 Å². The van der Waals surface area contributed by atoms with Crippen LogP contribution in [0.3, 0.4) is 0 Å². The lowest BCUT2D eigenvalue weighted by atomic mass is 9.84. The van der Waals surface area contributed by atoms with E-state index >= 15 is 0 Å². The molecule has 1 heterocycles. The van der Waals surface area contributed by atoms with Gasteiger partial charge in [0.15, 0.2) is 0 Å². The minimum absolute atomic E-state index is 0.108. The predicted octanol–water partition coefficient (Wildman–Crippen LogP) is 4.21. The zero-order valence-electron chi connectivity index (χ0n) is 14.3. The maximum atomic E-state index is 12.3. The number of carbonyl (C=O) groups excluding carboxylic acids is 1. The Morgan fingerprint density at radius 1 is 1.18 bits per heavy atom.